The van der Waals surface area contributed by atoms with E-state index in [2.05, 4.69) is 30.9 Å². The van der Waals surface area contributed by atoms with Crippen LogP contribution in [0.1, 0.15) is 5.56 Å². The summed E-state index contributed by atoms with van der Waals surface area (Å²) in [5.41, 5.74) is 5.91. The Labute approximate surface area is 154 Å². The Morgan fingerprint density at radius 1 is 1.42 bits per heavy atom. The SMILES string of the molecule is N=C/C(=C\NCC(N)=O)Nc1ncc(Cl)c(NCc2cccnc2O)n1. The second kappa shape index (κ2) is 9.18. The van der Waals surface area contributed by atoms with Crippen molar-refractivity contribution in [2.24, 2.45) is 5.73 Å². The molecule has 0 spiro atoms. The third kappa shape index (κ3) is 5.60. The summed E-state index contributed by atoms with van der Waals surface area (Å²) in [7, 11) is 0. The van der Waals surface area contributed by atoms with Gasteiger partial charge in [-0.1, -0.05) is 17.7 Å². The van der Waals surface area contributed by atoms with Gasteiger partial charge in [0, 0.05) is 30.7 Å². The number of amides is 1. The summed E-state index contributed by atoms with van der Waals surface area (Å²) < 4.78 is 0. The summed E-state index contributed by atoms with van der Waals surface area (Å²) in [6.07, 6.45) is 5.29. The Kier molecular flexibility index (Phi) is 6.68. The number of carbonyl (C=O) groups is 1. The molecule has 2 heterocycles. The standard InChI is InChI=1S/C15H17ClN8O2/c16-11-7-22-15(23-10(4-17)6-19-8-12(18)25)24-13(11)21-5-9-2-1-3-20-14(9)26/h1-4,6-7,17,19H,5,8H2,(H2,18,25)(H,20,26)(H2,21,22,23,24)/b10-6+,17-4?. The van der Waals surface area contributed by atoms with Gasteiger partial charge in [-0.3, -0.25) is 4.79 Å². The number of nitrogens with two attached hydrogens (primary N) is 1. The van der Waals surface area contributed by atoms with Gasteiger partial charge in [-0.05, 0) is 6.07 Å². The van der Waals surface area contributed by atoms with Crippen LogP contribution in [-0.4, -0.2) is 38.7 Å². The average Bonchev–Trinajstić information content (AvgIpc) is 2.62. The smallest absolute Gasteiger partial charge is 0.236 e. The first-order valence-corrected chi connectivity index (χ1v) is 7.76. The lowest BCUT2D eigenvalue weighted by molar-refractivity contribution is -0.117. The molecule has 10 nitrogen and oxygen atoms in total. The fourth-order valence-electron chi connectivity index (χ4n) is 1.80. The van der Waals surface area contributed by atoms with Crippen LogP contribution in [0.15, 0.2) is 36.4 Å². The zero-order chi connectivity index (χ0) is 18.9. The van der Waals surface area contributed by atoms with Crippen LogP contribution in [0, 0.1) is 5.41 Å². The van der Waals surface area contributed by atoms with Crippen LogP contribution in [0.4, 0.5) is 11.8 Å². The Morgan fingerprint density at radius 3 is 2.92 bits per heavy atom. The first kappa shape index (κ1) is 18.9. The maximum Gasteiger partial charge on any atom is 0.236 e. The molecule has 0 aliphatic heterocycles. The Balaban J connectivity index is 2.07. The predicted octanol–water partition coefficient (Wildman–Crippen LogP) is 0.820. The van der Waals surface area contributed by atoms with Crippen molar-refractivity contribution in [3.8, 4) is 5.88 Å². The van der Waals surface area contributed by atoms with E-state index >= 15 is 0 Å². The number of anilines is 2. The first-order valence-electron chi connectivity index (χ1n) is 7.38. The topological polar surface area (TPSA) is 162 Å². The van der Waals surface area contributed by atoms with Gasteiger partial charge in [0.1, 0.15) is 5.02 Å². The fourth-order valence-corrected chi connectivity index (χ4v) is 1.96. The minimum atomic E-state index is -0.529. The fraction of sp³-hybridized carbons (Fsp3) is 0.133. The Morgan fingerprint density at radius 2 is 2.23 bits per heavy atom. The number of halogens is 1. The lowest BCUT2D eigenvalue weighted by Crippen LogP contribution is -2.25. The maximum absolute atomic E-state index is 10.7. The summed E-state index contributed by atoms with van der Waals surface area (Å²) in [5, 5.41) is 25.8. The number of carbonyl (C=O) groups excluding carboxylic acids is 1. The van der Waals surface area contributed by atoms with E-state index in [0.717, 1.165) is 6.21 Å². The molecule has 0 radical (unpaired) electrons. The summed E-state index contributed by atoms with van der Waals surface area (Å²) in [4.78, 5) is 22.7. The summed E-state index contributed by atoms with van der Waals surface area (Å²) in [6, 6.07) is 3.41. The molecule has 0 aliphatic rings. The molecule has 0 fully saturated rings. The van der Waals surface area contributed by atoms with Gasteiger partial charge in [0.05, 0.1) is 18.4 Å². The summed E-state index contributed by atoms with van der Waals surface area (Å²) >= 11 is 6.07. The number of hydrogen-bond acceptors (Lipinski definition) is 9. The highest BCUT2D eigenvalue weighted by atomic mass is 35.5. The van der Waals surface area contributed by atoms with Crippen molar-refractivity contribution in [3.05, 3.63) is 47.0 Å². The monoisotopic (exact) mass is 376 g/mol. The quantitative estimate of drug-likeness (QED) is 0.350. The van der Waals surface area contributed by atoms with Crippen molar-refractivity contribution >= 4 is 35.5 Å². The zero-order valence-electron chi connectivity index (χ0n) is 13.5. The van der Waals surface area contributed by atoms with Crippen molar-refractivity contribution in [1.29, 1.82) is 5.41 Å². The van der Waals surface area contributed by atoms with Crippen molar-refractivity contribution < 1.29 is 9.90 Å². The van der Waals surface area contributed by atoms with Gasteiger partial charge in [-0.15, -0.1) is 0 Å². The van der Waals surface area contributed by atoms with Crippen LogP contribution < -0.4 is 21.7 Å². The minimum absolute atomic E-state index is 0.0676. The number of allylic oxidation sites excluding steroid dienone is 1. The van der Waals surface area contributed by atoms with Gasteiger partial charge < -0.3 is 32.2 Å². The third-order valence-corrected chi connectivity index (χ3v) is 3.28. The average molecular weight is 377 g/mol. The van der Waals surface area contributed by atoms with Gasteiger partial charge in [0.2, 0.25) is 17.7 Å². The van der Waals surface area contributed by atoms with Gasteiger partial charge in [0.15, 0.2) is 5.82 Å². The molecule has 26 heavy (non-hydrogen) atoms. The molecule has 0 unspecified atom stereocenters. The molecular formula is C15H17ClN8O2. The zero-order valence-corrected chi connectivity index (χ0v) is 14.3. The molecule has 0 saturated heterocycles. The number of aromatic nitrogens is 3. The van der Waals surface area contributed by atoms with E-state index in [1.807, 2.05) is 0 Å². The van der Waals surface area contributed by atoms with Crippen LogP contribution >= 0.6 is 11.6 Å². The normalized spacial score (nSPS) is 10.9. The maximum atomic E-state index is 10.7. The van der Waals surface area contributed by atoms with Crippen molar-refractivity contribution in [1.82, 2.24) is 20.3 Å². The Hall–Kier alpha value is -3.40. The van der Waals surface area contributed by atoms with Crippen molar-refractivity contribution in [2.75, 3.05) is 17.2 Å². The number of aromatic hydroxyl groups is 1. The van der Waals surface area contributed by atoms with E-state index in [9.17, 15) is 9.90 Å². The van der Waals surface area contributed by atoms with E-state index in [1.54, 1.807) is 12.1 Å². The number of pyridine rings is 1. The lowest BCUT2D eigenvalue weighted by Gasteiger charge is -2.11. The minimum Gasteiger partial charge on any atom is -0.493 e. The molecule has 0 atom stereocenters. The molecule has 0 aliphatic carbocycles. The molecular weight excluding hydrogens is 360 g/mol. The van der Waals surface area contributed by atoms with Gasteiger partial charge in [-0.25, -0.2) is 9.97 Å². The number of primary amides is 1. The number of hydrogen-bond donors (Lipinski definition) is 6. The number of nitrogens with zero attached hydrogens (tertiary/aromatic N) is 3. The van der Waals surface area contributed by atoms with Crippen molar-refractivity contribution in [2.45, 2.75) is 6.54 Å². The number of nitrogens with one attached hydrogen (secondary N) is 4. The van der Waals surface area contributed by atoms with Crippen molar-refractivity contribution in [3.63, 3.8) is 0 Å². The van der Waals surface area contributed by atoms with E-state index < -0.39 is 5.91 Å². The third-order valence-electron chi connectivity index (χ3n) is 3.00. The second-order valence-corrected chi connectivity index (χ2v) is 5.35. The number of rotatable bonds is 9. The summed E-state index contributed by atoms with van der Waals surface area (Å²) in [5.74, 6) is -0.0960. The molecule has 0 saturated carbocycles. The van der Waals surface area contributed by atoms with E-state index in [1.165, 1.54) is 18.6 Å². The highest BCUT2D eigenvalue weighted by Gasteiger charge is 2.08. The van der Waals surface area contributed by atoms with Gasteiger partial charge in [-0.2, -0.15) is 4.98 Å². The first-order chi connectivity index (χ1) is 12.5. The van der Waals surface area contributed by atoms with E-state index in [0.29, 0.717) is 17.1 Å². The van der Waals surface area contributed by atoms with E-state index in [-0.39, 0.29) is 29.9 Å². The van der Waals surface area contributed by atoms with Crippen LogP contribution in [-0.2, 0) is 11.3 Å². The van der Waals surface area contributed by atoms with Crippen LogP contribution in [0.2, 0.25) is 5.02 Å². The molecule has 2 aromatic rings. The summed E-state index contributed by atoms with van der Waals surface area (Å²) in [6.45, 7) is 0.186. The highest BCUT2D eigenvalue weighted by molar-refractivity contribution is 6.32. The highest BCUT2D eigenvalue weighted by Crippen LogP contribution is 2.21. The van der Waals surface area contributed by atoms with Gasteiger partial charge >= 0.3 is 0 Å². The molecule has 1 amide bonds. The molecule has 2 aromatic heterocycles. The van der Waals surface area contributed by atoms with Crippen LogP contribution in [0.25, 0.3) is 0 Å². The molecule has 136 valence electrons. The van der Waals surface area contributed by atoms with Crippen LogP contribution in [0.3, 0.4) is 0 Å². The Bertz CT molecular complexity index is 827. The molecule has 11 heteroatoms. The molecule has 7 N–H and O–H groups in total. The van der Waals surface area contributed by atoms with E-state index in [4.69, 9.17) is 22.7 Å². The molecule has 2 rings (SSSR count). The molecule has 0 aromatic carbocycles. The van der Waals surface area contributed by atoms with Gasteiger partial charge in [0.25, 0.3) is 0 Å². The predicted molar refractivity (Wildman–Crippen MR) is 98.0 cm³/mol. The lowest BCUT2D eigenvalue weighted by atomic mass is 10.2. The molecule has 0 bridgehead atoms. The van der Waals surface area contributed by atoms with Crippen LogP contribution in [0.5, 0.6) is 5.88 Å². The second-order valence-electron chi connectivity index (χ2n) is 4.95. The largest absolute Gasteiger partial charge is 0.493 e.